The van der Waals surface area contributed by atoms with Crippen molar-refractivity contribution in [1.82, 2.24) is 9.97 Å². The Bertz CT molecular complexity index is 656. The first-order valence-corrected chi connectivity index (χ1v) is 5.78. The highest BCUT2D eigenvalue weighted by atomic mass is 19.4. The Labute approximate surface area is 121 Å². The number of hydrogen-bond acceptors (Lipinski definition) is 6. The summed E-state index contributed by atoms with van der Waals surface area (Å²) in [5, 5.41) is 7.12. The summed E-state index contributed by atoms with van der Waals surface area (Å²) in [6.45, 7) is 3.22. The van der Waals surface area contributed by atoms with Crippen LogP contribution in [0.15, 0.2) is 22.7 Å². The zero-order chi connectivity index (χ0) is 17.1. The number of aromatic nitrogens is 2. The van der Waals surface area contributed by atoms with Gasteiger partial charge in [0.1, 0.15) is 0 Å². The van der Waals surface area contributed by atoms with Gasteiger partial charge in [-0.3, -0.25) is 4.79 Å². The van der Waals surface area contributed by atoms with E-state index in [2.05, 4.69) is 9.97 Å². The van der Waals surface area contributed by atoms with Gasteiger partial charge in [-0.15, -0.1) is 0 Å². The lowest BCUT2D eigenvalue weighted by Gasteiger charge is -2.12. The predicted octanol–water partition coefficient (Wildman–Crippen LogP) is 1.78. The average Bonchev–Trinajstić information content (AvgIpc) is 2.79. The molecule has 0 aliphatic rings. The number of carboxylic acids is 1. The summed E-state index contributed by atoms with van der Waals surface area (Å²) in [6, 6.07) is 3.42. The lowest BCUT2D eigenvalue weighted by molar-refractivity contribution is -0.192. The van der Waals surface area contributed by atoms with Crippen LogP contribution in [0.25, 0.3) is 11.2 Å². The molecule has 3 N–H and O–H groups in total. The molecule has 22 heavy (non-hydrogen) atoms. The van der Waals surface area contributed by atoms with Gasteiger partial charge in [0.25, 0.3) is 5.89 Å². The van der Waals surface area contributed by atoms with Gasteiger partial charge in [0, 0.05) is 6.20 Å². The summed E-state index contributed by atoms with van der Waals surface area (Å²) in [5.41, 5.74) is 5.59. The van der Waals surface area contributed by atoms with Gasteiger partial charge in [0.15, 0.2) is 11.2 Å². The van der Waals surface area contributed by atoms with Gasteiger partial charge in [-0.05, 0) is 26.0 Å². The van der Waals surface area contributed by atoms with Gasteiger partial charge >= 0.3 is 12.1 Å². The van der Waals surface area contributed by atoms with Crippen LogP contribution in [0.5, 0.6) is 0 Å². The van der Waals surface area contributed by atoms with Gasteiger partial charge in [-0.25, -0.2) is 9.78 Å². The second-order valence-corrected chi connectivity index (χ2v) is 4.70. The van der Waals surface area contributed by atoms with E-state index in [4.69, 9.17) is 20.1 Å². The Morgan fingerprint density at radius 3 is 2.27 bits per heavy atom. The Morgan fingerprint density at radius 1 is 1.32 bits per heavy atom. The fourth-order valence-electron chi connectivity index (χ4n) is 1.14. The monoisotopic (exact) mass is 319 g/mol. The first-order valence-electron chi connectivity index (χ1n) is 5.78. The van der Waals surface area contributed by atoms with Crippen LogP contribution in [0.4, 0.5) is 13.2 Å². The number of carbonyl (C=O) groups excluding carboxylic acids is 1. The van der Waals surface area contributed by atoms with Crippen molar-refractivity contribution in [3.63, 3.8) is 0 Å². The minimum atomic E-state index is -5.08. The number of hydrogen-bond donors (Lipinski definition) is 2. The molecule has 120 valence electrons. The summed E-state index contributed by atoms with van der Waals surface area (Å²) in [5.74, 6) is -3.08. The number of Topliss-reactive ketones (excluding diaryl/α,β-unsaturated/α-hetero) is 1. The molecule has 0 amide bonds. The fraction of sp³-hybridized carbons (Fsp3) is 0.333. The van der Waals surface area contributed by atoms with E-state index in [1.165, 1.54) is 0 Å². The molecule has 0 aromatic carbocycles. The molecular weight excluding hydrogens is 307 g/mol. The molecule has 2 rings (SSSR count). The Kier molecular flexibility index (Phi) is 4.87. The number of halogens is 3. The lowest BCUT2D eigenvalue weighted by Crippen LogP contribution is -2.41. The number of oxazole rings is 1. The van der Waals surface area contributed by atoms with Crippen LogP contribution in [-0.4, -0.2) is 38.5 Å². The van der Waals surface area contributed by atoms with Crippen molar-refractivity contribution in [3.05, 3.63) is 24.2 Å². The molecule has 0 aliphatic carbocycles. The highest BCUT2D eigenvalue weighted by Crippen LogP contribution is 2.16. The minimum absolute atomic E-state index is 0.0104. The number of fused-ring (bicyclic) bond motifs is 1. The van der Waals surface area contributed by atoms with Crippen LogP contribution < -0.4 is 5.73 Å². The maximum absolute atomic E-state index is 11.7. The maximum atomic E-state index is 11.7. The van der Waals surface area contributed by atoms with Gasteiger partial charge < -0.3 is 15.3 Å². The standard InChI is InChI=1S/C10H11N3O2.C2HF3O2/c1-10(2,11)7(14)9-13-8-6(15-9)4-3-5-12-8;3-2(4,5)1(6)7/h3-5H,11H2,1-2H3;(H,6,7). The molecular formula is C12H12F3N3O4. The molecule has 2 aromatic heterocycles. The van der Waals surface area contributed by atoms with Crippen LogP contribution in [0, 0.1) is 0 Å². The average molecular weight is 319 g/mol. The van der Waals surface area contributed by atoms with E-state index in [-0.39, 0.29) is 11.7 Å². The first-order chi connectivity index (χ1) is 9.93. The van der Waals surface area contributed by atoms with E-state index < -0.39 is 17.7 Å². The smallest absolute Gasteiger partial charge is 0.475 e. The van der Waals surface area contributed by atoms with E-state index in [0.717, 1.165) is 0 Å². The normalized spacial score (nSPS) is 11.7. The molecule has 2 aromatic rings. The molecule has 0 fully saturated rings. The van der Waals surface area contributed by atoms with E-state index in [0.29, 0.717) is 11.2 Å². The summed E-state index contributed by atoms with van der Waals surface area (Å²) < 4.78 is 37.0. The van der Waals surface area contributed by atoms with Crippen molar-refractivity contribution in [2.75, 3.05) is 0 Å². The molecule has 0 bridgehead atoms. The largest absolute Gasteiger partial charge is 0.490 e. The fourth-order valence-corrected chi connectivity index (χ4v) is 1.14. The predicted molar refractivity (Wildman–Crippen MR) is 68.1 cm³/mol. The Balaban J connectivity index is 0.000000295. The van der Waals surface area contributed by atoms with E-state index in [1.807, 2.05) is 0 Å². The van der Waals surface area contributed by atoms with Crippen molar-refractivity contribution in [3.8, 4) is 0 Å². The maximum Gasteiger partial charge on any atom is 0.490 e. The SMILES string of the molecule is CC(C)(N)C(=O)c1nc2ncccc2o1.O=C(O)C(F)(F)F. The molecule has 0 saturated heterocycles. The quantitative estimate of drug-likeness (QED) is 0.809. The number of carboxylic acid groups (broad SMARTS) is 1. The number of rotatable bonds is 2. The van der Waals surface area contributed by atoms with Gasteiger partial charge in [-0.2, -0.15) is 18.2 Å². The van der Waals surface area contributed by atoms with Crippen molar-refractivity contribution in [1.29, 1.82) is 0 Å². The number of nitrogens with zero attached hydrogens (tertiary/aromatic N) is 2. The highest BCUT2D eigenvalue weighted by Gasteiger charge is 2.38. The zero-order valence-corrected chi connectivity index (χ0v) is 11.5. The summed E-state index contributed by atoms with van der Waals surface area (Å²) in [7, 11) is 0. The topological polar surface area (TPSA) is 119 Å². The molecule has 0 aliphatic heterocycles. The molecule has 0 spiro atoms. The van der Waals surface area contributed by atoms with Gasteiger partial charge in [-0.1, -0.05) is 0 Å². The molecule has 0 atom stereocenters. The minimum Gasteiger partial charge on any atom is -0.475 e. The number of aliphatic carboxylic acids is 1. The van der Waals surface area contributed by atoms with Crippen LogP contribution in [0.1, 0.15) is 24.5 Å². The molecule has 0 radical (unpaired) electrons. The Morgan fingerprint density at radius 2 is 1.86 bits per heavy atom. The highest BCUT2D eigenvalue weighted by molar-refractivity contribution is 6.00. The second kappa shape index (κ2) is 6.10. The van der Waals surface area contributed by atoms with E-state index in [1.54, 1.807) is 32.2 Å². The number of nitrogens with two attached hydrogens (primary N) is 1. The molecule has 2 heterocycles. The first kappa shape index (κ1) is 17.6. The van der Waals surface area contributed by atoms with Gasteiger partial charge in [0.05, 0.1) is 5.54 Å². The van der Waals surface area contributed by atoms with Crippen LogP contribution in [0.3, 0.4) is 0 Å². The third kappa shape index (κ3) is 4.52. The molecule has 0 saturated carbocycles. The number of pyridine rings is 1. The zero-order valence-electron chi connectivity index (χ0n) is 11.5. The van der Waals surface area contributed by atoms with E-state index in [9.17, 15) is 18.0 Å². The van der Waals surface area contributed by atoms with Crippen molar-refractivity contribution >= 4 is 23.0 Å². The van der Waals surface area contributed by atoms with Crippen molar-refractivity contribution < 1.29 is 32.3 Å². The van der Waals surface area contributed by atoms with E-state index >= 15 is 0 Å². The summed E-state index contributed by atoms with van der Waals surface area (Å²) >= 11 is 0. The molecule has 7 nitrogen and oxygen atoms in total. The second-order valence-electron chi connectivity index (χ2n) is 4.70. The van der Waals surface area contributed by atoms with Gasteiger partial charge in [0.2, 0.25) is 5.78 Å². The van der Waals surface area contributed by atoms with Crippen molar-refractivity contribution in [2.45, 2.75) is 25.6 Å². The lowest BCUT2D eigenvalue weighted by atomic mass is 10.0. The number of carbonyl (C=O) groups is 2. The van der Waals surface area contributed by atoms with Crippen molar-refractivity contribution in [2.24, 2.45) is 5.73 Å². The number of ketones is 1. The molecule has 10 heteroatoms. The van der Waals surface area contributed by atoms with Crippen LogP contribution in [-0.2, 0) is 4.79 Å². The summed E-state index contributed by atoms with van der Waals surface area (Å²) in [6.07, 6.45) is -3.49. The van der Waals surface area contributed by atoms with Crippen LogP contribution in [0.2, 0.25) is 0 Å². The number of alkyl halides is 3. The summed E-state index contributed by atoms with van der Waals surface area (Å²) in [4.78, 5) is 28.6. The third-order valence-corrected chi connectivity index (χ3v) is 2.19. The third-order valence-electron chi connectivity index (χ3n) is 2.19. The van der Waals surface area contributed by atoms with Crippen LogP contribution >= 0.6 is 0 Å². The Hall–Kier alpha value is -2.49. The molecule has 0 unspecified atom stereocenters.